The number of alkyl halides is 3. The smallest absolute Gasteiger partial charge is 0.389 e. The van der Waals surface area contributed by atoms with Crippen molar-refractivity contribution < 1.29 is 23.2 Å². The summed E-state index contributed by atoms with van der Waals surface area (Å²) in [7, 11) is 0. The standard InChI is InChI=1S/C8H6ClF3N2O3/c9-7-4(5(3-15)14(16)17)1-2-6(13-7)8(10,11)12/h1-2,5,15H,3H2. The Morgan fingerprint density at radius 2 is 2.12 bits per heavy atom. The van der Waals surface area contributed by atoms with Crippen LogP contribution in [0.4, 0.5) is 13.2 Å². The minimum Gasteiger partial charge on any atom is -0.389 e. The van der Waals surface area contributed by atoms with Crippen molar-refractivity contribution in [1.29, 1.82) is 0 Å². The van der Waals surface area contributed by atoms with Crippen LogP contribution >= 0.6 is 11.6 Å². The van der Waals surface area contributed by atoms with Crippen molar-refractivity contribution in [2.24, 2.45) is 0 Å². The maximum Gasteiger partial charge on any atom is 0.433 e. The predicted octanol–water partition coefficient (Wildman–Crippen LogP) is 2.06. The lowest BCUT2D eigenvalue weighted by Crippen LogP contribution is -2.17. The molecule has 0 fully saturated rings. The zero-order valence-corrected chi connectivity index (χ0v) is 8.87. The van der Waals surface area contributed by atoms with Gasteiger partial charge in [-0.2, -0.15) is 13.2 Å². The fourth-order valence-corrected chi connectivity index (χ4v) is 1.41. The number of aliphatic hydroxyl groups excluding tert-OH is 1. The van der Waals surface area contributed by atoms with Crippen LogP contribution in [0.3, 0.4) is 0 Å². The molecule has 0 saturated carbocycles. The second-order valence-electron chi connectivity index (χ2n) is 3.06. The Hall–Kier alpha value is -1.41. The van der Waals surface area contributed by atoms with Crippen LogP contribution in [-0.4, -0.2) is 21.6 Å². The zero-order valence-electron chi connectivity index (χ0n) is 8.11. The van der Waals surface area contributed by atoms with Gasteiger partial charge in [0.2, 0.25) is 0 Å². The van der Waals surface area contributed by atoms with Gasteiger partial charge in [0.25, 0.3) is 6.04 Å². The summed E-state index contributed by atoms with van der Waals surface area (Å²) < 4.78 is 36.7. The van der Waals surface area contributed by atoms with Crippen molar-refractivity contribution in [2.75, 3.05) is 6.61 Å². The van der Waals surface area contributed by atoms with E-state index in [9.17, 15) is 23.3 Å². The first-order chi connectivity index (χ1) is 7.77. The van der Waals surface area contributed by atoms with Gasteiger partial charge in [0, 0.05) is 4.92 Å². The van der Waals surface area contributed by atoms with Gasteiger partial charge in [0.1, 0.15) is 17.5 Å². The summed E-state index contributed by atoms with van der Waals surface area (Å²) in [5.74, 6) is 0. The highest BCUT2D eigenvalue weighted by Gasteiger charge is 2.34. The van der Waals surface area contributed by atoms with Crippen molar-refractivity contribution in [1.82, 2.24) is 4.98 Å². The minimum atomic E-state index is -4.68. The molecule has 0 aliphatic carbocycles. The third-order valence-corrected chi connectivity index (χ3v) is 2.26. The van der Waals surface area contributed by atoms with E-state index in [1.807, 2.05) is 0 Å². The van der Waals surface area contributed by atoms with Gasteiger partial charge in [-0.05, 0) is 12.1 Å². The lowest BCUT2D eigenvalue weighted by Gasteiger charge is -2.10. The largest absolute Gasteiger partial charge is 0.433 e. The summed E-state index contributed by atoms with van der Waals surface area (Å²) in [5, 5.41) is 18.6. The molecular formula is C8H6ClF3N2O3. The molecule has 0 bridgehead atoms. The number of pyridine rings is 1. The third-order valence-electron chi connectivity index (χ3n) is 1.95. The molecule has 1 heterocycles. The molecule has 0 aromatic carbocycles. The lowest BCUT2D eigenvalue weighted by atomic mass is 10.1. The molecular weight excluding hydrogens is 265 g/mol. The average molecular weight is 271 g/mol. The highest BCUT2D eigenvalue weighted by molar-refractivity contribution is 6.30. The number of hydrogen-bond donors (Lipinski definition) is 1. The first kappa shape index (κ1) is 13.7. The van der Waals surface area contributed by atoms with Crippen LogP contribution in [-0.2, 0) is 6.18 Å². The van der Waals surface area contributed by atoms with Crippen LogP contribution < -0.4 is 0 Å². The van der Waals surface area contributed by atoms with E-state index in [4.69, 9.17) is 16.7 Å². The number of aromatic nitrogens is 1. The van der Waals surface area contributed by atoms with Crippen molar-refractivity contribution in [2.45, 2.75) is 12.2 Å². The van der Waals surface area contributed by atoms with Gasteiger partial charge in [-0.3, -0.25) is 10.1 Å². The SMILES string of the molecule is O=[N+]([O-])C(CO)c1ccc(C(F)(F)F)nc1Cl. The number of rotatable bonds is 3. The maximum atomic E-state index is 12.2. The van der Waals surface area contributed by atoms with Gasteiger partial charge in [-0.25, -0.2) is 4.98 Å². The highest BCUT2D eigenvalue weighted by atomic mass is 35.5. The molecule has 1 unspecified atom stereocenters. The first-order valence-corrected chi connectivity index (χ1v) is 4.63. The lowest BCUT2D eigenvalue weighted by molar-refractivity contribution is -0.532. The molecule has 94 valence electrons. The molecule has 1 aromatic heterocycles. The predicted molar refractivity (Wildman–Crippen MR) is 51.1 cm³/mol. The van der Waals surface area contributed by atoms with Crippen molar-refractivity contribution in [3.05, 3.63) is 38.7 Å². The molecule has 0 radical (unpaired) electrons. The Bertz CT molecular complexity index is 439. The molecule has 1 rings (SSSR count). The Balaban J connectivity index is 3.18. The quantitative estimate of drug-likeness (QED) is 0.518. The van der Waals surface area contributed by atoms with Crippen LogP contribution in [0.15, 0.2) is 12.1 Å². The number of hydrogen-bond acceptors (Lipinski definition) is 4. The van der Waals surface area contributed by atoms with Gasteiger partial charge in [0.05, 0.1) is 5.56 Å². The summed E-state index contributed by atoms with van der Waals surface area (Å²) in [6, 6.07) is -0.174. The van der Waals surface area contributed by atoms with E-state index in [-0.39, 0.29) is 5.56 Å². The van der Waals surface area contributed by atoms with E-state index in [0.717, 1.165) is 6.07 Å². The molecule has 9 heteroatoms. The van der Waals surface area contributed by atoms with Crippen molar-refractivity contribution in [3.8, 4) is 0 Å². The van der Waals surface area contributed by atoms with Crippen LogP contribution in [0.2, 0.25) is 5.15 Å². The number of aliphatic hydroxyl groups is 1. The van der Waals surface area contributed by atoms with Crippen molar-refractivity contribution in [3.63, 3.8) is 0 Å². The number of nitro groups is 1. The Morgan fingerprint density at radius 3 is 2.47 bits per heavy atom. The van der Waals surface area contributed by atoms with Gasteiger partial charge in [0.15, 0.2) is 0 Å². The molecule has 1 aromatic rings. The zero-order chi connectivity index (χ0) is 13.2. The molecule has 5 nitrogen and oxygen atoms in total. The summed E-state index contributed by atoms with van der Waals surface area (Å²) in [5.41, 5.74) is -1.50. The molecule has 17 heavy (non-hydrogen) atoms. The second kappa shape index (κ2) is 4.84. The van der Waals surface area contributed by atoms with Gasteiger partial charge in [-0.15, -0.1) is 0 Å². The highest BCUT2D eigenvalue weighted by Crippen LogP contribution is 2.31. The van der Waals surface area contributed by atoms with Gasteiger partial charge < -0.3 is 5.11 Å². The molecule has 1 N–H and O–H groups in total. The Labute approximate surface area is 98.0 Å². The van der Waals surface area contributed by atoms with Crippen LogP contribution in [0, 0.1) is 10.1 Å². The van der Waals surface area contributed by atoms with E-state index >= 15 is 0 Å². The molecule has 0 saturated heterocycles. The van der Waals surface area contributed by atoms with Crippen LogP contribution in [0.5, 0.6) is 0 Å². The fourth-order valence-electron chi connectivity index (χ4n) is 1.13. The average Bonchev–Trinajstić information content (AvgIpc) is 2.19. The summed E-state index contributed by atoms with van der Waals surface area (Å²) in [6.45, 7) is -0.875. The van der Waals surface area contributed by atoms with Crippen LogP contribution in [0.1, 0.15) is 17.3 Å². The summed E-state index contributed by atoms with van der Waals surface area (Å²) in [6.07, 6.45) is -4.68. The molecule has 0 aliphatic heterocycles. The van der Waals surface area contributed by atoms with E-state index in [1.54, 1.807) is 0 Å². The number of halogens is 4. The molecule has 0 aliphatic rings. The molecule has 0 amide bonds. The Morgan fingerprint density at radius 1 is 1.53 bits per heavy atom. The minimum absolute atomic E-state index is 0.257. The normalized spacial score (nSPS) is 13.5. The van der Waals surface area contributed by atoms with Gasteiger partial charge >= 0.3 is 6.18 Å². The number of nitrogens with zero attached hydrogens (tertiary/aromatic N) is 2. The summed E-state index contributed by atoms with van der Waals surface area (Å²) >= 11 is 5.43. The Kier molecular flexibility index (Phi) is 3.89. The third kappa shape index (κ3) is 3.04. The fraction of sp³-hybridized carbons (Fsp3) is 0.375. The van der Waals surface area contributed by atoms with Gasteiger partial charge in [-0.1, -0.05) is 11.6 Å². The molecule has 0 spiro atoms. The topological polar surface area (TPSA) is 76.3 Å². The van der Waals surface area contributed by atoms with E-state index in [1.165, 1.54) is 0 Å². The van der Waals surface area contributed by atoms with Crippen molar-refractivity contribution >= 4 is 11.6 Å². The molecule has 1 atom stereocenters. The maximum absolute atomic E-state index is 12.2. The summed E-state index contributed by atoms with van der Waals surface area (Å²) in [4.78, 5) is 12.7. The van der Waals surface area contributed by atoms with Crippen LogP contribution in [0.25, 0.3) is 0 Å². The first-order valence-electron chi connectivity index (χ1n) is 4.25. The second-order valence-corrected chi connectivity index (χ2v) is 3.42. The van der Waals surface area contributed by atoms with E-state index < -0.39 is 34.6 Å². The monoisotopic (exact) mass is 270 g/mol. The van der Waals surface area contributed by atoms with E-state index in [0.29, 0.717) is 6.07 Å². The van der Waals surface area contributed by atoms with E-state index in [2.05, 4.69) is 4.98 Å².